The Balaban J connectivity index is 1.42. The van der Waals surface area contributed by atoms with Crippen molar-refractivity contribution in [2.45, 2.75) is 12.6 Å². The molecule has 172 valence electrons. The average molecular weight is 463 g/mol. The highest BCUT2D eigenvalue weighted by Gasteiger charge is 2.30. The summed E-state index contributed by atoms with van der Waals surface area (Å²) in [6.45, 7) is 0. The summed E-state index contributed by atoms with van der Waals surface area (Å²) in [5, 5.41) is 8.74. The molecule has 3 N–H and O–H groups in total. The average Bonchev–Trinajstić information content (AvgIpc) is 2.80. The Labute approximate surface area is 193 Å². The fourth-order valence-electron chi connectivity index (χ4n) is 3.20. The fraction of sp³-hybridized carbons (Fsp3) is 0.0800. The Bertz CT molecular complexity index is 1280. The molecule has 0 spiro atoms. The van der Waals surface area contributed by atoms with Crippen molar-refractivity contribution in [3.63, 3.8) is 0 Å². The number of rotatable bonds is 7. The number of benzene rings is 3. The van der Waals surface area contributed by atoms with Crippen molar-refractivity contribution in [1.29, 1.82) is 0 Å². The van der Waals surface area contributed by atoms with Crippen molar-refractivity contribution in [2.75, 3.05) is 16.0 Å². The van der Waals surface area contributed by atoms with E-state index in [0.717, 1.165) is 17.7 Å². The number of carbonyl (C=O) groups is 1. The van der Waals surface area contributed by atoms with E-state index in [2.05, 4.69) is 25.9 Å². The number of nitrogens with zero attached hydrogens (tertiary/aromatic N) is 2. The molecule has 1 heterocycles. The fourth-order valence-corrected chi connectivity index (χ4v) is 3.20. The predicted molar refractivity (Wildman–Crippen MR) is 125 cm³/mol. The minimum atomic E-state index is -4.43. The normalized spacial score (nSPS) is 11.0. The highest BCUT2D eigenvalue weighted by molar-refractivity contribution is 5.92. The number of hydrogen-bond donors (Lipinski definition) is 3. The number of anilines is 5. The number of hydrogen-bond acceptors (Lipinski definition) is 5. The van der Waals surface area contributed by atoms with Crippen LogP contribution in [0.1, 0.15) is 11.1 Å². The second kappa shape index (κ2) is 10.0. The Hall–Kier alpha value is -4.40. The molecular weight excluding hydrogens is 443 g/mol. The van der Waals surface area contributed by atoms with E-state index < -0.39 is 11.7 Å². The van der Waals surface area contributed by atoms with Crippen LogP contribution in [0.2, 0.25) is 0 Å². The van der Waals surface area contributed by atoms with E-state index in [-0.39, 0.29) is 24.0 Å². The maximum atomic E-state index is 12.9. The molecule has 0 unspecified atom stereocenters. The van der Waals surface area contributed by atoms with Crippen molar-refractivity contribution in [1.82, 2.24) is 9.97 Å². The van der Waals surface area contributed by atoms with Crippen molar-refractivity contribution in [2.24, 2.45) is 0 Å². The van der Waals surface area contributed by atoms with Crippen LogP contribution in [0.25, 0.3) is 0 Å². The zero-order valence-corrected chi connectivity index (χ0v) is 17.8. The standard InChI is InChI=1S/C25H20F3N5O/c26-25(27,28)18-8-4-9-19(15-18)30-22-12-13-29-24(33-22)32-21-11-5-10-20(16-21)31-23(34)14-17-6-2-1-3-7-17/h1-13,15-16H,14H2,(H,31,34)(H2,29,30,32,33). The topological polar surface area (TPSA) is 78.9 Å². The van der Waals surface area contributed by atoms with Gasteiger partial charge in [-0.3, -0.25) is 4.79 Å². The zero-order valence-electron chi connectivity index (χ0n) is 17.8. The van der Waals surface area contributed by atoms with E-state index in [1.807, 2.05) is 30.3 Å². The number of halogens is 3. The minimum absolute atomic E-state index is 0.146. The van der Waals surface area contributed by atoms with Crippen LogP contribution in [0.3, 0.4) is 0 Å². The lowest BCUT2D eigenvalue weighted by Crippen LogP contribution is -2.14. The molecule has 0 aliphatic rings. The number of nitrogens with one attached hydrogen (secondary N) is 3. The molecule has 1 amide bonds. The molecule has 0 saturated carbocycles. The van der Waals surface area contributed by atoms with Gasteiger partial charge in [0, 0.05) is 23.3 Å². The van der Waals surface area contributed by atoms with Crippen LogP contribution in [0, 0.1) is 0 Å². The molecular formula is C25H20F3N5O. The largest absolute Gasteiger partial charge is 0.416 e. The SMILES string of the molecule is O=C(Cc1ccccc1)Nc1cccc(Nc2nccc(Nc3cccc(C(F)(F)F)c3)n2)c1. The minimum Gasteiger partial charge on any atom is -0.340 e. The van der Waals surface area contributed by atoms with Gasteiger partial charge in [-0.25, -0.2) is 4.98 Å². The molecule has 0 aliphatic carbocycles. The number of carbonyl (C=O) groups excluding carboxylic acids is 1. The molecule has 0 saturated heterocycles. The van der Waals surface area contributed by atoms with Gasteiger partial charge in [0.05, 0.1) is 12.0 Å². The van der Waals surface area contributed by atoms with Gasteiger partial charge in [0.15, 0.2) is 0 Å². The Morgan fingerprint density at radius 2 is 1.50 bits per heavy atom. The van der Waals surface area contributed by atoms with Gasteiger partial charge in [0.1, 0.15) is 5.82 Å². The molecule has 1 aromatic heterocycles. The maximum Gasteiger partial charge on any atom is 0.416 e. The summed E-state index contributed by atoms with van der Waals surface area (Å²) in [5.41, 5.74) is 1.64. The van der Waals surface area contributed by atoms with Crippen LogP contribution in [-0.2, 0) is 17.4 Å². The summed E-state index contributed by atoms with van der Waals surface area (Å²) >= 11 is 0. The van der Waals surface area contributed by atoms with E-state index in [1.54, 1.807) is 30.3 Å². The van der Waals surface area contributed by atoms with Crippen LogP contribution in [0.15, 0.2) is 91.1 Å². The summed E-state index contributed by atoms with van der Waals surface area (Å²) < 4.78 is 38.8. The van der Waals surface area contributed by atoms with Crippen molar-refractivity contribution in [3.05, 3.63) is 102 Å². The first-order valence-corrected chi connectivity index (χ1v) is 10.3. The molecule has 6 nitrogen and oxygen atoms in total. The predicted octanol–water partition coefficient (Wildman–Crippen LogP) is 6.16. The van der Waals surface area contributed by atoms with E-state index >= 15 is 0 Å². The summed E-state index contributed by atoms with van der Waals surface area (Å²) in [5.74, 6) is 0.417. The Morgan fingerprint density at radius 3 is 2.26 bits per heavy atom. The van der Waals surface area contributed by atoms with Crippen LogP contribution in [0.5, 0.6) is 0 Å². The first-order valence-electron chi connectivity index (χ1n) is 10.3. The van der Waals surface area contributed by atoms with Crippen LogP contribution in [0.4, 0.5) is 42.0 Å². The van der Waals surface area contributed by atoms with Gasteiger partial charge < -0.3 is 16.0 Å². The van der Waals surface area contributed by atoms with Gasteiger partial charge >= 0.3 is 6.18 Å². The van der Waals surface area contributed by atoms with Gasteiger partial charge in [-0.2, -0.15) is 18.2 Å². The van der Waals surface area contributed by atoms with Gasteiger partial charge in [-0.1, -0.05) is 42.5 Å². The van der Waals surface area contributed by atoms with Crippen LogP contribution >= 0.6 is 0 Å². The smallest absolute Gasteiger partial charge is 0.340 e. The lowest BCUT2D eigenvalue weighted by molar-refractivity contribution is -0.137. The number of amides is 1. The van der Waals surface area contributed by atoms with Crippen LogP contribution < -0.4 is 16.0 Å². The molecule has 4 rings (SSSR count). The Kier molecular flexibility index (Phi) is 6.72. The lowest BCUT2D eigenvalue weighted by Gasteiger charge is -2.12. The first-order chi connectivity index (χ1) is 16.3. The lowest BCUT2D eigenvalue weighted by atomic mass is 10.1. The summed E-state index contributed by atoms with van der Waals surface area (Å²) in [6, 6.07) is 22.9. The summed E-state index contributed by atoms with van der Waals surface area (Å²) in [4.78, 5) is 20.8. The Morgan fingerprint density at radius 1 is 0.794 bits per heavy atom. The molecule has 9 heteroatoms. The summed E-state index contributed by atoms with van der Waals surface area (Å²) in [6.07, 6.45) is -2.70. The molecule has 0 bridgehead atoms. The second-order valence-electron chi connectivity index (χ2n) is 7.39. The third-order valence-electron chi connectivity index (χ3n) is 4.73. The first kappa shape index (κ1) is 22.8. The van der Waals surface area contributed by atoms with Gasteiger partial charge in [0.2, 0.25) is 11.9 Å². The second-order valence-corrected chi connectivity index (χ2v) is 7.39. The van der Waals surface area contributed by atoms with Gasteiger partial charge in [0.25, 0.3) is 0 Å². The summed E-state index contributed by atoms with van der Waals surface area (Å²) in [7, 11) is 0. The highest BCUT2D eigenvalue weighted by atomic mass is 19.4. The monoisotopic (exact) mass is 463 g/mol. The van der Waals surface area contributed by atoms with Gasteiger partial charge in [-0.05, 0) is 48.0 Å². The molecule has 0 atom stereocenters. The molecule has 4 aromatic rings. The van der Waals surface area contributed by atoms with Crippen molar-refractivity contribution < 1.29 is 18.0 Å². The molecule has 0 radical (unpaired) electrons. The van der Waals surface area contributed by atoms with Crippen molar-refractivity contribution >= 4 is 34.7 Å². The van der Waals surface area contributed by atoms with Crippen LogP contribution in [-0.4, -0.2) is 15.9 Å². The molecule has 0 aliphatic heterocycles. The number of alkyl halides is 3. The van der Waals surface area contributed by atoms with Gasteiger partial charge in [-0.15, -0.1) is 0 Å². The van der Waals surface area contributed by atoms with E-state index in [1.165, 1.54) is 18.3 Å². The third kappa shape index (κ3) is 6.32. The molecule has 0 fully saturated rings. The number of aromatic nitrogens is 2. The zero-order chi connectivity index (χ0) is 24.0. The third-order valence-corrected chi connectivity index (χ3v) is 4.73. The molecule has 3 aromatic carbocycles. The van der Waals surface area contributed by atoms with Crippen molar-refractivity contribution in [3.8, 4) is 0 Å². The quantitative estimate of drug-likeness (QED) is 0.306. The van der Waals surface area contributed by atoms with E-state index in [0.29, 0.717) is 17.2 Å². The maximum absolute atomic E-state index is 12.9. The highest BCUT2D eigenvalue weighted by Crippen LogP contribution is 2.31. The molecule has 34 heavy (non-hydrogen) atoms. The van der Waals surface area contributed by atoms with E-state index in [4.69, 9.17) is 0 Å². The van der Waals surface area contributed by atoms with E-state index in [9.17, 15) is 18.0 Å².